The first-order chi connectivity index (χ1) is 13.7. The number of hydrogen-bond donors (Lipinski definition) is 0. The molecule has 4 aromatic rings. The van der Waals surface area contributed by atoms with Gasteiger partial charge in [0.25, 0.3) is 10.0 Å². The number of nitrogens with zero attached hydrogens (tertiary/aromatic N) is 3. The maximum atomic E-state index is 13.3. The van der Waals surface area contributed by atoms with E-state index in [1.165, 1.54) is 30.3 Å². The van der Waals surface area contributed by atoms with Gasteiger partial charge in [-0.25, -0.2) is 22.4 Å². The molecule has 0 aliphatic heterocycles. The summed E-state index contributed by atoms with van der Waals surface area (Å²) in [7, 11) is -4.18. The number of hydrogen-bond acceptors (Lipinski definition) is 4. The molecule has 10 heteroatoms. The van der Waals surface area contributed by atoms with Crippen molar-refractivity contribution < 1.29 is 21.6 Å². The van der Waals surface area contributed by atoms with E-state index >= 15 is 0 Å². The Balaban J connectivity index is 2.07. The van der Waals surface area contributed by atoms with Crippen LogP contribution in [-0.4, -0.2) is 22.4 Å². The van der Waals surface area contributed by atoms with Gasteiger partial charge in [-0.2, -0.15) is 13.2 Å². The number of fused-ring (bicyclic) bond motifs is 1. The van der Waals surface area contributed by atoms with E-state index in [-0.39, 0.29) is 32.3 Å². The van der Waals surface area contributed by atoms with E-state index in [9.17, 15) is 21.6 Å². The number of alkyl halides is 3. The molecule has 0 amide bonds. The van der Waals surface area contributed by atoms with Crippen LogP contribution in [-0.2, 0) is 16.2 Å². The fraction of sp³-hybridized carbons (Fsp3) is 0.0526. The lowest BCUT2D eigenvalue weighted by Gasteiger charge is -2.13. The molecule has 148 valence electrons. The van der Waals surface area contributed by atoms with Gasteiger partial charge in [0.15, 0.2) is 5.65 Å². The smallest absolute Gasteiger partial charge is 0.224 e. The summed E-state index contributed by atoms with van der Waals surface area (Å²) in [6.07, 6.45) is -3.49. The summed E-state index contributed by atoms with van der Waals surface area (Å²) < 4.78 is 67.1. The lowest BCUT2D eigenvalue weighted by Crippen LogP contribution is -2.15. The summed E-state index contributed by atoms with van der Waals surface area (Å²) in [5.41, 5.74) is -0.881. The van der Waals surface area contributed by atoms with Crippen LogP contribution in [0.1, 0.15) is 5.56 Å². The van der Waals surface area contributed by atoms with Crippen molar-refractivity contribution in [2.45, 2.75) is 11.1 Å². The summed E-state index contributed by atoms with van der Waals surface area (Å²) in [5.74, 6) is 0. The van der Waals surface area contributed by atoms with E-state index in [4.69, 9.17) is 11.6 Å². The van der Waals surface area contributed by atoms with E-state index in [1.54, 1.807) is 18.2 Å². The van der Waals surface area contributed by atoms with Gasteiger partial charge in [0.05, 0.1) is 21.5 Å². The molecule has 5 nitrogen and oxygen atoms in total. The first-order valence-electron chi connectivity index (χ1n) is 8.20. The van der Waals surface area contributed by atoms with Gasteiger partial charge < -0.3 is 0 Å². The number of rotatable bonds is 3. The molecule has 2 aromatic carbocycles. The molecule has 0 saturated heterocycles. The zero-order valence-electron chi connectivity index (χ0n) is 14.4. The summed E-state index contributed by atoms with van der Waals surface area (Å²) in [6, 6.07) is 13.3. The Labute approximate surface area is 168 Å². The van der Waals surface area contributed by atoms with Crippen LogP contribution >= 0.6 is 11.6 Å². The third-order valence-corrected chi connectivity index (χ3v) is 6.29. The lowest BCUT2D eigenvalue weighted by atomic mass is 10.1. The molecule has 0 N–H and O–H groups in total. The van der Waals surface area contributed by atoms with Gasteiger partial charge in [0.1, 0.15) is 11.5 Å². The number of halogens is 4. The van der Waals surface area contributed by atoms with Gasteiger partial charge in [-0.15, -0.1) is 0 Å². The third-order valence-electron chi connectivity index (χ3n) is 4.27. The van der Waals surface area contributed by atoms with Gasteiger partial charge in [-0.05, 0) is 35.9 Å². The Kier molecular flexibility index (Phi) is 4.59. The highest BCUT2D eigenvalue weighted by Gasteiger charge is 2.32. The zero-order valence-corrected chi connectivity index (χ0v) is 16.0. The van der Waals surface area contributed by atoms with Crippen LogP contribution in [0.15, 0.2) is 71.9 Å². The Morgan fingerprint density at radius 2 is 1.66 bits per heavy atom. The van der Waals surface area contributed by atoms with Crippen molar-refractivity contribution in [3.63, 3.8) is 0 Å². The molecular formula is C19H11ClF3N3O2S. The van der Waals surface area contributed by atoms with Gasteiger partial charge in [-0.1, -0.05) is 41.9 Å². The third kappa shape index (κ3) is 3.36. The summed E-state index contributed by atoms with van der Waals surface area (Å²) in [5, 5.41) is 0.200. The Morgan fingerprint density at radius 3 is 2.34 bits per heavy atom. The predicted octanol–water partition coefficient (Wildman–Crippen LogP) is 5.01. The monoisotopic (exact) mass is 437 g/mol. The van der Waals surface area contributed by atoms with Crippen molar-refractivity contribution in [1.82, 2.24) is 13.9 Å². The van der Waals surface area contributed by atoms with Crippen molar-refractivity contribution in [3.05, 3.63) is 77.7 Å². The fourth-order valence-electron chi connectivity index (χ4n) is 2.96. The van der Waals surface area contributed by atoms with E-state index < -0.39 is 21.8 Å². The molecule has 0 saturated carbocycles. The zero-order chi connectivity index (χ0) is 20.8. The van der Waals surface area contributed by atoms with Crippen LogP contribution in [0.3, 0.4) is 0 Å². The van der Waals surface area contributed by atoms with E-state index in [0.717, 1.165) is 22.4 Å². The SMILES string of the molecule is O=S(=O)(c1ccccc1)n1c(-c2cccc(C(F)(F)F)c2)cc2c(Cl)ncnc21. The van der Waals surface area contributed by atoms with Crippen molar-refractivity contribution in [3.8, 4) is 11.3 Å². The molecule has 0 aliphatic rings. The van der Waals surface area contributed by atoms with Crippen molar-refractivity contribution in [1.29, 1.82) is 0 Å². The summed E-state index contributed by atoms with van der Waals surface area (Å²) in [6.45, 7) is 0. The summed E-state index contributed by atoms with van der Waals surface area (Å²) >= 11 is 6.09. The summed E-state index contributed by atoms with van der Waals surface area (Å²) in [4.78, 5) is 7.81. The van der Waals surface area contributed by atoms with Crippen LogP contribution in [0, 0.1) is 0 Å². The minimum absolute atomic E-state index is 0.00245. The highest BCUT2D eigenvalue weighted by molar-refractivity contribution is 7.90. The largest absolute Gasteiger partial charge is 0.416 e. The normalized spacial score (nSPS) is 12.4. The average molecular weight is 438 g/mol. The number of benzene rings is 2. The molecule has 0 atom stereocenters. The molecule has 0 radical (unpaired) electrons. The molecule has 4 rings (SSSR count). The second-order valence-electron chi connectivity index (χ2n) is 6.09. The van der Waals surface area contributed by atoms with Crippen LogP contribution in [0.2, 0.25) is 5.15 Å². The molecule has 29 heavy (non-hydrogen) atoms. The maximum Gasteiger partial charge on any atom is 0.416 e. The molecular weight excluding hydrogens is 427 g/mol. The minimum atomic E-state index is -4.58. The first-order valence-corrected chi connectivity index (χ1v) is 10.0. The van der Waals surface area contributed by atoms with Crippen molar-refractivity contribution in [2.75, 3.05) is 0 Å². The second-order valence-corrected chi connectivity index (χ2v) is 8.24. The van der Waals surface area contributed by atoms with Gasteiger partial charge >= 0.3 is 6.18 Å². The molecule has 0 spiro atoms. The van der Waals surface area contributed by atoms with Crippen LogP contribution in [0.4, 0.5) is 13.2 Å². The van der Waals surface area contributed by atoms with Crippen LogP contribution in [0.25, 0.3) is 22.3 Å². The minimum Gasteiger partial charge on any atom is -0.224 e. The highest BCUT2D eigenvalue weighted by Crippen LogP contribution is 2.36. The molecule has 0 fully saturated rings. The van der Waals surface area contributed by atoms with Crippen LogP contribution < -0.4 is 0 Å². The van der Waals surface area contributed by atoms with E-state index in [2.05, 4.69) is 9.97 Å². The first kappa shape index (κ1) is 19.4. The van der Waals surface area contributed by atoms with Crippen molar-refractivity contribution in [2.24, 2.45) is 0 Å². The molecule has 0 aliphatic carbocycles. The standard InChI is InChI=1S/C19H11ClF3N3O2S/c20-17-15-10-16(12-5-4-6-13(9-12)19(21,22)23)26(18(15)25-11-24-17)29(27,28)14-7-2-1-3-8-14/h1-11H. The Hall–Kier alpha value is -2.91. The topological polar surface area (TPSA) is 64.8 Å². The van der Waals surface area contributed by atoms with Gasteiger partial charge in [0.2, 0.25) is 0 Å². The van der Waals surface area contributed by atoms with Crippen molar-refractivity contribution >= 4 is 32.7 Å². The Bertz CT molecular complexity index is 1320. The Morgan fingerprint density at radius 1 is 0.931 bits per heavy atom. The molecule has 2 heterocycles. The number of aromatic nitrogens is 3. The highest BCUT2D eigenvalue weighted by atomic mass is 35.5. The predicted molar refractivity (Wildman–Crippen MR) is 102 cm³/mol. The molecule has 0 unspecified atom stereocenters. The second kappa shape index (κ2) is 6.85. The molecule has 2 aromatic heterocycles. The average Bonchev–Trinajstić information content (AvgIpc) is 3.10. The fourth-order valence-corrected chi connectivity index (χ4v) is 4.64. The van der Waals surface area contributed by atoms with Gasteiger partial charge in [0, 0.05) is 0 Å². The quantitative estimate of drug-likeness (QED) is 0.423. The maximum absolute atomic E-state index is 13.3. The van der Waals surface area contributed by atoms with Gasteiger partial charge in [-0.3, -0.25) is 0 Å². The van der Waals surface area contributed by atoms with E-state index in [0.29, 0.717) is 0 Å². The molecule has 0 bridgehead atoms. The lowest BCUT2D eigenvalue weighted by molar-refractivity contribution is -0.137. The van der Waals surface area contributed by atoms with Crippen LogP contribution in [0.5, 0.6) is 0 Å². The van der Waals surface area contributed by atoms with E-state index in [1.807, 2.05) is 0 Å².